The molecule has 3 aromatic rings. The second-order valence-corrected chi connectivity index (χ2v) is 5.89. The molecule has 25 heavy (non-hydrogen) atoms. The summed E-state index contributed by atoms with van der Waals surface area (Å²) in [7, 11) is 1.76. The highest BCUT2D eigenvalue weighted by molar-refractivity contribution is 5.95. The summed E-state index contributed by atoms with van der Waals surface area (Å²) in [6.45, 7) is 0.572. The Kier molecular flexibility index (Phi) is 5.19. The van der Waals surface area contributed by atoms with Gasteiger partial charge in [-0.05, 0) is 36.3 Å². The zero-order valence-electron chi connectivity index (χ0n) is 14.0. The molecule has 126 valence electrons. The molecule has 4 heteroatoms. The van der Waals surface area contributed by atoms with Gasteiger partial charge < -0.3 is 4.90 Å². The van der Waals surface area contributed by atoms with Crippen LogP contribution in [0.15, 0.2) is 66.9 Å². The van der Waals surface area contributed by atoms with E-state index in [0.717, 1.165) is 22.0 Å². The molecule has 1 amide bonds. The molecule has 0 spiro atoms. The fraction of sp³-hybridized carbons (Fsp3) is 0.143. The monoisotopic (exact) mass is 334 g/mol. The van der Waals surface area contributed by atoms with Crippen LogP contribution in [0.1, 0.15) is 11.1 Å². The number of benzene rings is 2. The average Bonchev–Trinajstić information content (AvgIpc) is 2.65. The smallest absolute Gasteiger partial charge is 0.246 e. The summed E-state index contributed by atoms with van der Waals surface area (Å²) in [5.41, 5.74) is 2.80. The van der Waals surface area contributed by atoms with E-state index < -0.39 is 0 Å². The number of aromatic nitrogens is 1. The van der Waals surface area contributed by atoms with E-state index in [0.29, 0.717) is 13.0 Å². The minimum Gasteiger partial charge on any atom is -0.342 e. The molecule has 0 N–H and O–H groups in total. The number of carbonyl (C=O) groups excluding carboxylic acids is 1. The molecular formula is C21H19FN2O. The van der Waals surface area contributed by atoms with Crippen molar-refractivity contribution >= 4 is 22.9 Å². The molecule has 0 radical (unpaired) electrons. The molecule has 0 saturated heterocycles. The Morgan fingerprint density at radius 2 is 1.88 bits per heavy atom. The number of para-hydroxylation sites is 1. The minimum atomic E-state index is -0.250. The molecule has 2 aromatic carbocycles. The van der Waals surface area contributed by atoms with Gasteiger partial charge in [0.05, 0.1) is 5.52 Å². The lowest BCUT2D eigenvalue weighted by molar-refractivity contribution is -0.124. The number of rotatable bonds is 5. The molecule has 3 nitrogen and oxygen atoms in total. The molecule has 0 aliphatic rings. The maximum Gasteiger partial charge on any atom is 0.246 e. The maximum absolute atomic E-state index is 12.9. The summed E-state index contributed by atoms with van der Waals surface area (Å²) in [5.74, 6) is -0.324. The first-order valence-corrected chi connectivity index (χ1v) is 8.15. The van der Waals surface area contributed by atoms with Crippen molar-refractivity contribution in [1.82, 2.24) is 9.88 Å². The topological polar surface area (TPSA) is 33.2 Å². The van der Waals surface area contributed by atoms with Gasteiger partial charge in [-0.15, -0.1) is 0 Å². The number of fused-ring (bicyclic) bond motifs is 1. The third-order valence-corrected chi connectivity index (χ3v) is 4.09. The molecular weight excluding hydrogens is 315 g/mol. The number of amides is 1. The van der Waals surface area contributed by atoms with Crippen LogP contribution in [-0.2, 0) is 11.2 Å². The van der Waals surface area contributed by atoms with Gasteiger partial charge in [0.15, 0.2) is 0 Å². The number of hydrogen-bond donors (Lipinski definition) is 0. The predicted molar refractivity (Wildman–Crippen MR) is 98.5 cm³/mol. The number of pyridine rings is 1. The lowest BCUT2D eigenvalue weighted by Crippen LogP contribution is -2.27. The van der Waals surface area contributed by atoms with Crippen LogP contribution >= 0.6 is 0 Å². The van der Waals surface area contributed by atoms with Crippen LogP contribution in [0.5, 0.6) is 0 Å². The molecule has 0 fully saturated rings. The van der Waals surface area contributed by atoms with Gasteiger partial charge >= 0.3 is 0 Å². The van der Waals surface area contributed by atoms with Crippen LogP contribution in [-0.4, -0.2) is 29.4 Å². The molecule has 1 heterocycles. The maximum atomic E-state index is 12.9. The first kappa shape index (κ1) is 16.8. The highest BCUT2D eigenvalue weighted by Crippen LogP contribution is 2.17. The van der Waals surface area contributed by atoms with Gasteiger partial charge in [0, 0.05) is 36.8 Å². The minimum absolute atomic E-state index is 0.0740. The predicted octanol–water partition coefficient (Wildman–Crippen LogP) is 4.09. The summed E-state index contributed by atoms with van der Waals surface area (Å²) < 4.78 is 12.9. The lowest BCUT2D eigenvalue weighted by Gasteiger charge is -2.15. The van der Waals surface area contributed by atoms with E-state index in [2.05, 4.69) is 4.98 Å². The molecule has 0 aliphatic carbocycles. The third-order valence-electron chi connectivity index (χ3n) is 4.09. The molecule has 1 aromatic heterocycles. The van der Waals surface area contributed by atoms with Gasteiger partial charge in [0.25, 0.3) is 0 Å². The number of likely N-dealkylation sites (N-methyl/N-ethyl adjacent to an activating group) is 1. The first-order valence-electron chi connectivity index (χ1n) is 8.15. The summed E-state index contributed by atoms with van der Waals surface area (Å²) >= 11 is 0. The van der Waals surface area contributed by atoms with Crippen LogP contribution in [0.25, 0.3) is 17.0 Å². The summed E-state index contributed by atoms with van der Waals surface area (Å²) in [6, 6.07) is 16.1. The fourth-order valence-corrected chi connectivity index (χ4v) is 2.61. The summed E-state index contributed by atoms with van der Waals surface area (Å²) in [4.78, 5) is 18.3. The Labute approximate surface area is 146 Å². The summed E-state index contributed by atoms with van der Waals surface area (Å²) in [6.07, 6.45) is 5.79. The molecule has 0 saturated carbocycles. The number of hydrogen-bond acceptors (Lipinski definition) is 2. The van der Waals surface area contributed by atoms with Crippen molar-refractivity contribution in [2.24, 2.45) is 0 Å². The average molecular weight is 334 g/mol. The Morgan fingerprint density at radius 3 is 2.68 bits per heavy atom. The molecule has 0 aliphatic heterocycles. The molecule has 0 bridgehead atoms. The first-order chi connectivity index (χ1) is 12.1. The Morgan fingerprint density at radius 1 is 1.12 bits per heavy atom. The van der Waals surface area contributed by atoms with Crippen molar-refractivity contribution in [1.29, 1.82) is 0 Å². The van der Waals surface area contributed by atoms with E-state index in [4.69, 9.17) is 0 Å². The van der Waals surface area contributed by atoms with Crippen LogP contribution in [0.2, 0.25) is 0 Å². The van der Waals surface area contributed by atoms with Crippen molar-refractivity contribution in [3.05, 3.63) is 83.8 Å². The van der Waals surface area contributed by atoms with Crippen LogP contribution < -0.4 is 0 Å². The van der Waals surface area contributed by atoms with Crippen LogP contribution in [0.3, 0.4) is 0 Å². The van der Waals surface area contributed by atoms with E-state index in [1.54, 1.807) is 42.4 Å². The van der Waals surface area contributed by atoms with Gasteiger partial charge in [-0.25, -0.2) is 4.39 Å². The third kappa shape index (κ3) is 4.29. The largest absolute Gasteiger partial charge is 0.342 e. The van der Waals surface area contributed by atoms with Gasteiger partial charge in [-0.3, -0.25) is 9.78 Å². The number of carbonyl (C=O) groups is 1. The van der Waals surface area contributed by atoms with Gasteiger partial charge in [0.2, 0.25) is 5.91 Å². The normalized spacial score (nSPS) is 11.1. The van der Waals surface area contributed by atoms with Gasteiger partial charge in [0.1, 0.15) is 5.82 Å². The summed E-state index contributed by atoms with van der Waals surface area (Å²) in [5, 5.41) is 1.04. The quantitative estimate of drug-likeness (QED) is 0.659. The highest BCUT2D eigenvalue weighted by Gasteiger charge is 2.06. The number of halogens is 1. The van der Waals surface area contributed by atoms with Crippen LogP contribution in [0, 0.1) is 5.82 Å². The Hall–Kier alpha value is -3.01. The Bertz CT molecular complexity index is 898. The van der Waals surface area contributed by atoms with E-state index in [9.17, 15) is 9.18 Å². The zero-order chi connectivity index (χ0) is 17.6. The van der Waals surface area contributed by atoms with Crippen molar-refractivity contribution in [2.75, 3.05) is 13.6 Å². The second-order valence-electron chi connectivity index (χ2n) is 5.89. The lowest BCUT2D eigenvalue weighted by atomic mass is 10.1. The molecule has 0 atom stereocenters. The van der Waals surface area contributed by atoms with Crippen molar-refractivity contribution < 1.29 is 9.18 Å². The van der Waals surface area contributed by atoms with Gasteiger partial charge in [-0.1, -0.05) is 36.4 Å². The molecule has 3 rings (SSSR count). The van der Waals surface area contributed by atoms with E-state index in [1.165, 1.54) is 12.1 Å². The van der Waals surface area contributed by atoms with Crippen LogP contribution in [0.4, 0.5) is 4.39 Å². The van der Waals surface area contributed by atoms with E-state index in [-0.39, 0.29) is 11.7 Å². The SMILES string of the molecule is CN(CCc1ccc(F)cc1)C(=O)C=Cc1cccc2cccnc12. The number of nitrogens with zero attached hydrogens (tertiary/aromatic N) is 2. The highest BCUT2D eigenvalue weighted by atomic mass is 19.1. The van der Waals surface area contributed by atoms with Crippen molar-refractivity contribution in [3.63, 3.8) is 0 Å². The van der Waals surface area contributed by atoms with E-state index in [1.807, 2.05) is 30.3 Å². The van der Waals surface area contributed by atoms with Gasteiger partial charge in [-0.2, -0.15) is 0 Å². The zero-order valence-corrected chi connectivity index (χ0v) is 14.0. The standard InChI is InChI=1S/C21H19FN2O/c1-24(15-13-16-7-10-19(22)11-8-16)20(25)12-9-18-5-2-4-17-6-3-14-23-21(17)18/h2-12,14H,13,15H2,1H3. The van der Waals surface area contributed by atoms with Crippen molar-refractivity contribution in [3.8, 4) is 0 Å². The Balaban J connectivity index is 1.64. The van der Waals surface area contributed by atoms with E-state index >= 15 is 0 Å². The van der Waals surface area contributed by atoms with Crippen molar-refractivity contribution in [2.45, 2.75) is 6.42 Å². The fourth-order valence-electron chi connectivity index (χ4n) is 2.61. The second kappa shape index (κ2) is 7.71. The molecule has 0 unspecified atom stereocenters.